The van der Waals surface area contributed by atoms with Gasteiger partial charge in [-0.3, -0.25) is 0 Å². The van der Waals surface area contributed by atoms with Crippen LogP contribution in [0, 0.1) is 17.1 Å². The van der Waals surface area contributed by atoms with Crippen LogP contribution in [0.15, 0.2) is 36.5 Å². The van der Waals surface area contributed by atoms with Crippen LogP contribution in [-0.4, -0.2) is 42.1 Å². The Morgan fingerprint density at radius 1 is 1.22 bits per heavy atom. The lowest BCUT2D eigenvalue weighted by Crippen LogP contribution is -2.52. The lowest BCUT2D eigenvalue weighted by Gasteiger charge is -2.36. The van der Waals surface area contributed by atoms with Crippen LogP contribution in [0.1, 0.15) is 29.2 Å². The van der Waals surface area contributed by atoms with Gasteiger partial charge in [-0.15, -0.1) is 0 Å². The van der Waals surface area contributed by atoms with Crippen LogP contribution in [-0.2, 0) is 6.42 Å². The molecule has 2 heterocycles. The third-order valence-electron chi connectivity index (χ3n) is 5.28. The Bertz CT molecular complexity index is 901. The fourth-order valence-corrected chi connectivity index (χ4v) is 3.86. The van der Waals surface area contributed by atoms with Gasteiger partial charge in [-0.25, -0.2) is 14.2 Å². The zero-order valence-corrected chi connectivity index (χ0v) is 14.9. The number of hydrogen-bond acceptors (Lipinski definition) is 4. The van der Waals surface area contributed by atoms with Gasteiger partial charge >= 0.3 is 6.03 Å². The van der Waals surface area contributed by atoms with Gasteiger partial charge in [0, 0.05) is 32.4 Å². The minimum absolute atomic E-state index is 0.127. The summed E-state index contributed by atoms with van der Waals surface area (Å²) < 4.78 is 13.9. The second-order valence-corrected chi connectivity index (χ2v) is 6.81. The number of piperazine rings is 1. The molecular weight excluding hydrogens is 345 g/mol. The van der Waals surface area contributed by atoms with E-state index in [0.29, 0.717) is 49.5 Å². The first kappa shape index (κ1) is 17.3. The number of nitriles is 1. The summed E-state index contributed by atoms with van der Waals surface area (Å²) in [6, 6.07) is 10.4. The molecule has 2 amide bonds. The summed E-state index contributed by atoms with van der Waals surface area (Å²) in [5, 5.41) is 12.3. The number of aromatic nitrogens is 1. The molecule has 1 atom stereocenters. The summed E-state index contributed by atoms with van der Waals surface area (Å²) in [5.41, 5.74) is 2.14. The normalized spacial score (nSPS) is 18.7. The number of carbonyl (C=O) groups is 1. The minimum atomic E-state index is -0.193. The van der Waals surface area contributed by atoms with Crippen molar-refractivity contribution in [2.24, 2.45) is 0 Å². The van der Waals surface area contributed by atoms with Crippen LogP contribution >= 0.6 is 0 Å². The maximum absolute atomic E-state index is 13.9. The van der Waals surface area contributed by atoms with E-state index in [2.05, 4.69) is 16.4 Å². The maximum atomic E-state index is 13.9. The van der Waals surface area contributed by atoms with E-state index in [9.17, 15) is 14.4 Å². The highest BCUT2D eigenvalue weighted by atomic mass is 19.1. The van der Waals surface area contributed by atoms with Crippen molar-refractivity contribution in [2.45, 2.75) is 18.9 Å². The van der Waals surface area contributed by atoms with Gasteiger partial charge in [0.1, 0.15) is 17.7 Å². The molecule has 2 aromatic rings. The molecule has 1 N–H and O–H groups in total. The predicted molar refractivity (Wildman–Crippen MR) is 98.7 cm³/mol. The topological polar surface area (TPSA) is 72.3 Å². The van der Waals surface area contributed by atoms with Crippen molar-refractivity contribution < 1.29 is 9.18 Å². The average Bonchev–Trinajstić information content (AvgIpc) is 3.12. The molecule has 4 rings (SSSR count). The lowest BCUT2D eigenvalue weighted by molar-refractivity contribution is 0.190. The molecule has 1 aliphatic heterocycles. The monoisotopic (exact) mass is 365 g/mol. The number of pyridine rings is 1. The first-order valence-electron chi connectivity index (χ1n) is 9.10. The number of nitrogens with one attached hydrogen (secondary N) is 1. The Kier molecular flexibility index (Phi) is 4.63. The smallest absolute Gasteiger partial charge is 0.318 e. The molecule has 27 heavy (non-hydrogen) atoms. The number of nitrogens with zero attached hydrogens (tertiary/aromatic N) is 4. The molecule has 1 aromatic heterocycles. The zero-order valence-electron chi connectivity index (χ0n) is 14.9. The third-order valence-corrected chi connectivity index (χ3v) is 5.28. The van der Waals surface area contributed by atoms with Gasteiger partial charge in [-0.05, 0) is 42.2 Å². The molecule has 7 heteroatoms. The van der Waals surface area contributed by atoms with Crippen molar-refractivity contribution in [2.75, 3.05) is 31.1 Å². The summed E-state index contributed by atoms with van der Waals surface area (Å²) in [7, 11) is 0. The van der Waals surface area contributed by atoms with Crippen LogP contribution in [0.3, 0.4) is 0 Å². The highest BCUT2D eigenvalue weighted by molar-refractivity contribution is 5.75. The van der Waals surface area contributed by atoms with E-state index in [-0.39, 0.29) is 17.9 Å². The van der Waals surface area contributed by atoms with Gasteiger partial charge in [0.25, 0.3) is 0 Å². The molecule has 1 saturated heterocycles. The summed E-state index contributed by atoms with van der Waals surface area (Å²) >= 11 is 0. The molecule has 1 aliphatic carbocycles. The summed E-state index contributed by atoms with van der Waals surface area (Å²) in [6.07, 6.45) is 3.05. The Hall–Kier alpha value is -3.14. The number of hydrogen-bond donors (Lipinski definition) is 1. The highest BCUT2D eigenvalue weighted by Crippen LogP contribution is 2.32. The van der Waals surface area contributed by atoms with Gasteiger partial charge in [0.15, 0.2) is 0 Å². The number of halogens is 1. The SMILES string of the molecule is N#Cc1cccnc1N1CCN(C(=O)NC2CCc3c(F)cccc32)CC1. The van der Waals surface area contributed by atoms with E-state index in [1.807, 2.05) is 11.0 Å². The van der Waals surface area contributed by atoms with Crippen molar-refractivity contribution in [1.82, 2.24) is 15.2 Å². The van der Waals surface area contributed by atoms with E-state index in [0.717, 1.165) is 12.0 Å². The summed E-state index contributed by atoms with van der Waals surface area (Å²) in [6.45, 7) is 2.34. The van der Waals surface area contributed by atoms with Gasteiger partial charge in [0.2, 0.25) is 0 Å². The Morgan fingerprint density at radius 3 is 2.81 bits per heavy atom. The van der Waals surface area contributed by atoms with Gasteiger partial charge in [0.05, 0.1) is 11.6 Å². The average molecular weight is 365 g/mol. The fraction of sp³-hybridized carbons (Fsp3) is 0.350. The molecular formula is C20H20FN5O. The van der Waals surface area contributed by atoms with E-state index >= 15 is 0 Å². The van der Waals surface area contributed by atoms with Crippen LogP contribution in [0.2, 0.25) is 0 Å². The number of amides is 2. The Morgan fingerprint density at radius 2 is 2.04 bits per heavy atom. The second-order valence-electron chi connectivity index (χ2n) is 6.81. The molecule has 0 radical (unpaired) electrons. The number of rotatable bonds is 2. The highest BCUT2D eigenvalue weighted by Gasteiger charge is 2.29. The van der Waals surface area contributed by atoms with Gasteiger partial charge in [-0.1, -0.05) is 12.1 Å². The van der Waals surface area contributed by atoms with Gasteiger partial charge < -0.3 is 15.1 Å². The Balaban J connectivity index is 1.38. The molecule has 2 aliphatic rings. The first-order chi connectivity index (χ1) is 13.2. The van der Waals surface area contributed by atoms with Crippen molar-refractivity contribution >= 4 is 11.8 Å². The molecule has 0 spiro atoms. The number of fused-ring (bicyclic) bond motifs is 1. The minimum Gasteiger partial charge on any atom is -0.352 e. The number of anilines is 1. The first-order valence-corrected chi connectivity index (χ1v) is 9.10. The Labute approximate surface area is 157 Å². The number of urea groups is 1. The largest absolute Gasteiger partial charge is 0.352 e. The van der Waals surface area contributed by atoms with E-state index in [1.165, 1.54) is 6.07 Å². The third kappa shape index (κ3) is 3.31. The molecule has 0 bridgehead atoms. The van der Waals surface area contributed by atoms with Crippen molar-refractivity contribution in [3.8, 4) is 6.07 Å². The molecule has 0 saturated carbocycles. The standard InChI is InChI=1S/C20H20FN5O/c21-17-5-1-4-16-15(17)6-7-18(16)24-20(27)26-11-9-25(10-12-26)19-14(13-22)3-2-8-23-19/h1-5,8,18H,6-7,9-12H2,(H,24,27). The summed E-state index contributed by atoms with van der Waals surface area (Å²) in [5.74, 6) is 0.474. The number of benzene rings is 1. The molecule has 1 aromatic carbocycles. The molecule has 138 valence electrons. The summed E-state index contributed by atoms with van der Waals surface area (Å²) in [4.78, 5) is 20.8. The van der Waals surface area contributed by atoms with E-state index in [4.69, 9.17) is 0 Å². The van der Waals surface area contributed by atoms with Crippen molar-refractivity contribution in [3.63, 3.8) is 0 Å². The lowest BCUT2D eigenvalue weighted by atomic mass is 10.1. The molecule has 1 unspecified atom stereocenters. The van der Waals surface area contributed by atoms with Crippen LogP contribution in [0.5, 0.6) is 0 Å². The maximum Gasteiger partial charge on any atom is 0.318 e. The molecule has 6 nitrogen and oxygen atoms in total. The predicted octanol–water partition coefficient (Wildman–Crippen LogP) is 2.61. The van der Waals surface area contributed by atoms with Crippen molar-refractivity contribution in [3.05, 3.63) is 59.0 Å². The number of carbonyl (C=O) groups excluding carboxylic acids is 1. The van der Waals surface area contributed by atoms with Crippen LogP contribution < -0.4 is 10.2 Å². The van der Waals surface area contributed by atoms with E-state index in [1.54, 1.807) is 29.3 Å². The fourth-order valence-electron chi connectivity index (χ4n) is 3.86. The second kappa shape index (κ2) is 7.23. The van der Waals surface area contributed by atoms with E-state index < -0.39 is 0 Å². The van der Waals surface area contributed by atoms with Crippen LogP contribution in [0.4, 0.5) is 15.0 Å². The molecule has 1 fully saturated rings. The quantitative estimate of drug-likeness (QED) is 0.888. The van der Waals surface area contributed by atoms with Crippen molar-refractivity contribution in [1.29, 1.82) is 5.26 Å². The van der Waals surface area contributed by atoms with Crippen LogP contribution in [0.25, 0.3) is 0 Å². The zero-order chi connectivity index (χ0) is 18.8. The van der Waals surface area contributed by atoms with Gasteiger partial charge in [-0.2, -0.15) is 5.26 Å².